The van der Waals surface area contributed by atoms with Crippen molar-refractivity contribution in [1.29, 1.82) is 0 Å². The Morgan fingerprint density at radius 1 is 1.00 bits per heavy atom. The molecule has 1 aromatic carbocycles. The topological polar surface area (TPSA) is 43.8 Å². The molecule has 0 aromatic heterocycles. The van der Waals surface area contributed by atoms with Gasteiger partial charge in [0.2, 0.25) is 0 Å². The largest absolute Gasteiger partial charge is 0.481 e. The third-order valence-corrected chi connectivity index (χ3v) is 3.64. The van der Waals surface area contributed by atoms with E-state index in [1.165, 1.54) is 5.69 Å². The highest BCUT2D eigenvalue weighted by Crippen LogP contribution is 2.21. The van der Waals surface area contributed by atoms with E-state index in [1.807, 2.05) is 6.92 Å². The van der Waals surface area contributed by atoms with Crippen LogP contribution in [0.2, 0.25) is 0 Å². The lowest BCUT2D eigenvalue weighted by Crippen LogP contribution is -2.31. The second-order valence-corrected chi connectivity index (χ2v) is 4.97. The van der Waals surface area contributed by atoms with Crippen molar-refractivity contribution in [2.24, 2.45) is 5.92 Å². The van der Waals surface area contributed by atoms with Crippen molar-refractivity contribution in [1.82, 2.24) is 0 Å². The number of nitrogens with zero attached hydrogens (tertiary/aromatic N) is 2. The Hall–Kier alpha value is -1.71. The van der Waals surface area contributed by atoms with Gasteiger partial charge in [-0.1, -0.05) is 6.92 Å². The van der Waals surface area contributed by atoms with Gasteiger partial charge < -0.3 is 14.9 Å². The summed E-state index contributed by atoms with van der Waals surface area (Å²) in [6, 6.07) is 8.37. The van der Waals surface area contributed by atoms with E-state index in [0.717, 1.165) is 25.3 Å². The predicted octanol–water partition coefficient (Wildman–Crippen LogP) is 3.08. The molecule has 0 spiro atoms. The quantitative estimate of drug-likeness (QED) is 0.793. The molecule has 0 fully saturated rings. The Morgan fingerprint density at radius 3 is 1.75 bits per heavy atom. The minimum absolute atomic E-state index is 0.364. The third-order valence-electron chi connectivity index (χ3n) is 3.64. The molecule has 112 valence electrons. The summed E-state index contributed by atoms with van der Waals surface area (Å²) in [7, 11) is 0. The first-order valence-corrected chi connectivity index (χ1v) is 7.36. The monoisotopic (exact) mass is 278 g/mol. The van der Waals surface area contributed by atoms with Gasteiger partial charge >= 0.3 is 5.97 Å². The van der Waals surface area contributed by atoms with Crippen LogP contribution in [0.5, 0.6) is 0 Å². The molecule has 0 saturated carbocycles. The molecule has 0 amide bonds. The van der Waals surface area contributed by atoms with Crippen LogP contribution in [0, 0.1) is 5.92 Å². The third kappa shape index (κ3) is 4.15. The second kappa shape index (κ2) is 7.78. The van der Waals surface area contributed by atoms with Gasteiger partial charge in [-0.3, -0.25) is 4.79 Å². The zero-order valence-corrected chi connectivity index (χ0v) is 13.0. The summed E-state index contributed by atoms with van der Waals surface area (Å²) >= 11 is 0. The SMILES string of the molecule is CCN(CC)c1ccc(N(CC)CC(C)C(=O)O)cc1. The zero-order chi connectivity index (χ0) is 15.1. The van der Waals surface area contributed by atoms with E-state index in [2.05, 4.69) is 47.9 Å². The average molecular weight is 278 g/mol. The Bertz CT molecular complexity index is 413. The first-order valence-electron chi connectivity index (χ1n) is 7.36. The van der Waals surface area contributed by atoms with Gasteiger partial charge in [0.25, 0.3) is 0 Å². The molecule has 0 heterocycles. The highest BCUT2D eigenvalue weighted by molar-refractivity contribution is 5.70. The number of anilines is 2. The van der Waals surface area contributed by atoms with Crippen LogP contribution in [0.4, 0.5) is 11.4 Å². The molecule has 1 aromatic rings. The van der Waals surface area contributed by atoms with E-state index >= 15 is 0 Å². The summed E-state index contributed by atoms with van der Waals surface area (Å²) < 4.78 is 0. The number of carboxylic acid groups (broad SMARTS) is 1. The van der Waals surface area contributed by atoms with Gasteiger partial charge in [-0.2, -0.15) is 0 Å². The Balaban J connectivity index is 2.81. The van der Waals surface area contributed by atoms with E-state index in [-0.39, 0.29) is 5.92 Å². The smallest absolute Gasteiger partial charge is 0.308 e. The van der Waals surface area contributed by atoms with Crippen molar-refractivity contribution in [3.05, 3.63) is 24.3 Å². The molecule has 1 atom stereocenters. The van der Waals surface area contributed by atoms with Gasteiger partial charge in [0.1, 0.15) is 0 Å². The van der Waals surface area contributed by atoms with Crippen molar-refractivity contribution in [2.75, 3.05) is 36.0 Å². The summed E-state index contributed by atoms with van der Waals surface area (Å²) in [6.07, 6.45) is 0. The predicted molar refractivity (Wildman–Crippen MR) is 84.7 cm³/mol. The molecule has 0 aliphatic carbocycles. The van der Waals surface area contributed by atoms with Crippen LogP contribution in [-0.2, 0) is 4.79 Å². The molecule has 4 nitrogen and oxygen atoms in total. The van der Waals surface area contributed by atoms with Crippen molar-refractivity contribution >= 4 is 17.3 Å². The summed E-state index contributed by atoms with van der Waals surface area (Å²) in [5.41, 5.74) is 2.29. The van der Waals surface area contributed by atoms with Crippen molar-refractivity contribution < 1.29 is 9.90 Å². The first-order chi connectivity index (χ1) is 9.53. The number of benzene rings is 1. The Kier molecular flexibility index (Phi) is 6.36. The summed E-state index contributed by atoms with van der Waals surface area (Å²) in [6.45, 7) is 11.4. The lowest BCUT2D eigenvalue weighted by Gasteiger charge is -2.26. The van der Waals surface area contributed by atoms with Gasteiger partial charge in [0.15, 0.2) is 0 Å². The molecule has 0 aliphatic rings. The lowest BCUT2D eigenvalue weighted by molar-refractivity contribution is -0.140. The van der Waals surface area contributed by atoms with Gasteiger partial charge in [0, 0.05) is 37.6 Å². The number of aliphatic carboxylic acids is 1. The summed E-state index contributed by atoms with van der Waals surface area (Å²) in [4.78, 5) is 15.4. The van der Waals surface area contributed by atoms with Gasteiger partial charge in [-0.25, -0.2) is 0 Å². The Labute approximate surface area is 122 Å². The van der Waals surface area contributed by atoms with Crippen LogP contribution in [0.3, 0.4) is 0 Å². The fourth-order valence-electron chi connectivity index (χ4n) is 2.29. The van der Waals surface area contributed by atoms with E-state index in [0.29, 0.717) is 6.54 Å². The average Bonchev–Trinajstić information content (AvgIpc) is 2.46. The number of rotatable bonds is 8. The zero-order valence-electron chi connectivity index (χ0n) is 13.0. The van der Waals surface area contributed by atoms with Crippen LogP contribution >= 0.6 is 0 Å². The normalized spacial score (nSPS) is 12.0. The highest BCUT2D eigenvalue weighted by Gasteiger charge is 2.15. The maximum atomic E-state index is 11.0. The molecule has 0 aliphatic heterocycles. The molecule has 1 unspecified atom stereocenters. The van der Waals surface area contributed by atoms with Crippen LogP contribution in [0.15, 0.2) is 24.3 Å². The van der Waals surface area contributed by atoms with E-state index in [1.54, 1.807) is 6.92 Å². The molecule has 20 heavy (non-hydrogen) atoms. The van der Waals surface area contributed by atoms with E-state index in [4.69, 9.17) is 5.11 Å². The van der Waals surface area contributed by atoms with Crippen LogP contribution < -0.4 is 9.80 Å². The Morgan fingerprint density at radius 2 is 1.40 bits per heavy atom. The summed E-state index contributed by atoms with van der Waals surface area (Å²) in [5.74, 6) is -1.11. The number of hydrogen-bond acceptors (Lipinski definition) is 3. The molecule has 1 rings (SSSR count). The number of hydrogen-bond donors (Lipinski definition) is 1. The second-order valence-electron chi connectivity index (χ2n) is 4.97. The minimum atomic E-state index is -0.747. The highest BCUT2D eigenvalue weighted by atomic mass is 16.4. The van der Waals surface area contributed by atoms with Crippen molar-refractivity contribution in [2.45, 2.75) is 27.7 Å². The standard InChI is InChI=1S/C16H26N2O2/c1-5-17(6-2)14-8-10-15(11-9-14)18(7-3)12-13(4)16(19)20/h8-11,13H,5-7,12H2,1-4H3,(H,19,20). The van der Waals surface area contributed by atoms with Crippen LogP contribution in [0.25, 0.3) is 0 Å². The maximum absolute atomic E-state index is 11.0. The molecule has 1 N–H and O–H groups in total. The first kappa shape index (κ1) is 16.3. The number of carboxylic acids is 1. The molecule has 0 bridgehead atoms. The van der Waals surface area contributed by atoms with Gasteiger partial charge in [0.05, 0.1) is 5.92 Å². The van der Waals surface area contributed by atoms with E-state index in [9.17, 15) is 4.79 Å². The van der Waals surface area contributed by atoms with Gasteiger partial charge in [-0.05, 0) is 45.0 Å². The molecule has 4 heteroatoms. The fourth-order valence-corrected chi connectivity index (χ4v) is 2.29. The van der Waals surface area contributed by atoms with Gasteiger partial charge in [-0.15, -0.1) is 0 Å². The van der Waals surface area contributed by atoms with Crippen molar-refractivity contribution in [3.63, 3.8) is 0 Å². The lowest BCUT2D eigenvalue weighted by atomic mass is 10.1. The van der Waals surface area contributed by atoms with Crippen molar-refractivity contribution in [3.8, 4) is 0 Å². The maximum Gasteiger partial charge on any atom is 0.308 e. The molecule has 0 radical (unpaired) electrons. The molecular weight excluding hydrogens is 252 g/mol. The van der Waals surface area contributed by atoms with Crippen LogP contribution in [0.1, 0.15) is 27.7 Å². The summed E-state index contributed by atoms with van der Waals surface area (Å²) in [5, 5.41) is 9.02. The molecular formula is C16H26N2O2. The van der Waals surface area contributed by atoms with E-state index < -0.39 is 5.97 Å². The number of carbonyl (C=O) groups is 1. The minimum Gasteiger partial charge on any atom is -0.481 e. The molecule has 0 saturated heterocycles. The fraction of sp³-hybridized carbons (Fsp3) is 0.562. The van der Waals surface area contributed by atoms with Crippen LogP contribution in [-0.4, -0.2) is 37.3 Å².